The lowest BCUT2D eigenvalue weighted by molar-refractivity contribution is -0.119. The van der Waals surface area contributed by atoms with Crippen molar-refractivity contribution in [2.24, 2.45) is 4.99 Å². The molecule has 1 amide bonds. The van der Waals surface area contributed by atoms with E-state index in [-0.39, 0.29) is 18.0 Å². The molecule has 1 saturated heterocycles. The second-order valence-electron chi connectivity index (χ2n) is 4.97. The van der Waals surface area contributed by atoms with Crippen LogP contribution in [0.2, 0.25) is 0 Å². The molecule has 0 radical (unpaired) electrons. The Morgan fingerprint density at radius 3 is 2.94 bits per heavy atom. The van der Waals surface area contributed by atoms with Gasteiger partial charge in [-0.2, -0.15) is 0 Å². The Hall–Kier alpha value is -1.50. The number of aliphatic hydroxyl groups is 1. The third-order valence-electron chi connectivity index (χ3n) is 3.53. The molecule has 3 aliphatic rings. The first-order valence-corrected chi connectivity index (χ1v) is 6.00. The van der Waals surface area contributed by atoms with E-state index in [0.29, 0.717) is 5.71 Å². The monoisotopic (exact) mass is 248 g/mol. The summed E-state index contributed by atoms with van der Waals surface area (Å²) in [5, 5.41) is 13.1. The minimum Gasteiger partial charge on any atom is -0.375 e. The number of amides is 1. The van der Waals surface area contributed by atoms with Crippen molar-refractivity contribution in [2.45, 2.75) is 38.2 Å². The summed E-state index contributed by atoms with van der Waals surface area (Å²) in [5.74, 6) is -0.282. The first-order chi connectivity index (χ1) is 8.56. The maximum atomic E-state index is 11.7. The maximum Gasteiger partial charge on any atom is 0.281 e. The number of nitrogens with zero attached hydrogens (tertiary/aromatic N) is 1. The van der Waals surface area contributed by atoms with Crippen LogP contribution in [0.5, 0.6) is 0 Å². The largest absolute Gasteiger partial charge is 0.375 e. The number of nitrogens with one attached hydrogen (secondary N) is 3. The second kappa shape index (κ2) is 4.01. The van der Waals surface area contributed by atoms with Crippen molar-refractivity contribution in [1.82, 2.24) is 16.2 Å². The van der Waals surface area contributed by atoms with Crippen LogP contribution in [0.1, 0.15) is 13.8 Å². The van der Waals surface area contributed by atoms with Crippen LogP contribution in [0.4, 0.5) is 0 Å². The predicted molar refractivity (Wildman–Crippen MR) is 66.7 cm³/mol. The molecule has 6 heteroatoms. The summed E-state index contributed by atoms with van der Waals surface area (Å²) in [4.78, 5) is 16.2. The molecule has 1 fully saturated rings. The minimum absolute atomic E-state index is 0.0334. The van der Waals surface area contributed by atoms with Crippen LogP contribution in [0.15, 0.2) is 28.3 Å². The first-order valence-electron chi connectivity index (χ1n) is 6.00. The topological polar surface area (TPSA) is 85.8 Å². The van der Waals surface area contributed by atoms with E-state index in [9.17, 15) is 9.90 Å². The molecule has 96 valence electrons. The van der Waals surface area contributed by atoms with Gasteiger partial charge in [-0.25, -0.2) is 5.43 Å². The van der Waals surface area contributed by atoms with E-state index in [1.165, 1.54) is 5.57 Å². The van der Waals surface area contributed by atoms with Gasteiger partial charge in [0.05, 0.1) is 18.1 Å². The van der Waals surface area contributed by atoms with Crippen LogP contribution in [0, 0.1) is 0 Å². The van der Waals surface area contributed by atoms with E-state index in [2.05, 4.69) is 33.3 Å². The number of rotatable bonds is 0. The fraction of sp³-hybridized carbons (Fsp3) is 0.500. The van der Waals surface area contributed by atoms with Gasteiger partial charge in [0.25, 0.3) is 5.91 Å². The zero-order valence-electron chi connectivity index (χ0n) is 10.3. The average molecular weight is 248 g/mol. The molecule has 0 aromatic heterocycles. The molecule has 4 atom stereocenters. The van der Waals surface area contributed by atoms with E-state index in [1.807, 2.05) is 13.8 Å². The number of hydrogen-bond acceptors (Lipinski definition) is 5. The van der Waals surface area contributed by atoms with Crippen LogP contribution in [-0.2, 0) is 4.79 Å². The molecule has 0 aromatic rings. The van der Waals surface area contributed by atoms with Crippen molar-refractivity contribution in [1.29, 1.82) is 0 Å². The van der Waals surface area contributed by atoms with E-state index < -0.39 is 12.3 Å². The SMILES string of the molecule is CC1=CC2NC3C(=NC2C(C)=C1)C(=O)NNC3O. The molecule has 1 aliphatic carbocycles. The van der Waals surface area contributed by atoms with E-state index in [4.69, 9.17) is 0 Å². The summed E-state index contributed by atoms with van der Waals surface area (Å²) < 4.78 is 0. The molecule has 0 spiro atoms. The number of hydrogen-bond donors (Lipinski definition) is 4. The molecule has 0 bridgehead atoms. The summed E-state index contributed by atoms with van der Waals surface area (Å²) in [6, 6.07) is -0.489. The smallest absolute Gasteiger partial charge is 0.281 e. The van der Waals surface area contributed by atoms with Gasteiger partial charge in [0.2, 0.25) is 0 Å². The molecule has 0 aromatic carbocycles. The quantitative estimate of drug-likeness (QED) is 0.443. The van der Waals surface area contributed by atoms with Crippen LogP contribution >= 0.6 is 0 Å². The number of carbonyl (C=O) groups is 1. The van der Waals surface area contributed by atoms with Crippen LogP contribution in [-0.4, -0.2) is 41.1 Å². The second-order valence-corrected chi connectivity index (χ2v) is 4.97. The first kappa shape index (κ1) is 11.6. The van der Waals surface area contributed by atoms with Gasteiger partial charge in [-0.1, -0.05) is 17.7 Å². The fourth-order valence-electron chi connectivity index (χ4n) is 2.72. The standard InChI is InChI=1S/C12H16N4O2/c1-5-3-6(2)8-7(4-5)13-9-10(14-8)12(18)16-15-11(9)17/h3-4,7-9,11,13,15,17H,1-2H3,(H,16,18). The normalized spacial score (nSPS) is 38.8. The fourth-order valence-corrected chi connectivity index (χ4v) is 2.72. The molecule has 2 aliphatic heterocycles. The Balaban J connectivity index is 2.00. The molecule has 6 nitrogen and oxygen atoms in total. The highest BCUT2D eigenvalue weighted by atomic mass is 16.3. The zero-order valence-corrected chi connectivity index (χ0v) is 10.3. The van der Waals surface area contributed by atoms with E-state index in [1.54, 1.807) is 0 Å². The van der Waals surface area contributed by atoms with Gasteiger partial charge in [-0.3, -0.25) is 20.5 Å². The van der Waals surface area contributed by atoms with Crippen molar-refractivity contribution in [3.8, 4) is 0 Å². The molecule has 3 rings (SSSR count). The highest BCUT2D eigenvalue weighted by Gasteiger charge is 2.41. The van der Waals surface area contributed by atoms with E-state index >= 15 is 0 Å². The Labute approximate surface area is 105 Å². The molecule has 4 unspecified atom stereocenters. The van der Waals surface area contributed by atoms with Crippen molar-refractivity contribution >= 4 is 11.6 Å². The summed E-state index contributed by atoms with van der Waals surface area (Å²) >= 11 is 0. The molecular formula is C12H16N4O2. The lowest BCUT2D eigenvalue weighted by Gasteiger charge is -2.40. The molecule has 18 heavy (non-hydrogen) atoms. The number of aliphatic imine (C=N–C) groups is 1. The molecule has 4 N–H and O–H groups in total. The zero-order chi connectivity index (χ0) is 12.9. The third-order valence-corrected chi connectivity index (χ3v) is 3.53. The number of allylic oxidation sites excluding steroid dienone is 2. The minimum atomic E-state index is -0.859. The summed E-state index contributed by atoms with van der Waals surface area (Å²) in [7, 11) is 0. The van der Waals surface area contributed by atoms with Crippen LogP contribution < -0.4 is 16.2 Å². The molecule has 0 saturated carbocycles. The molecular weight excluding hydrogens is 232 g/mol. The van der Waals surface area contributed by atoms with Crippen molar-refractivity contribution in [3.05, 3.63) is 23.3 Å². The van der Waals surface area contributed by atoms with Gasteiger partial charge in [0, 0.05) is 0 Å². The Bertz CT molecular complexity index is 494. The number of hydrazine groups is 1. The maximum absolute atomic E-state index is 11.7. The van der Waals surface area contributed by atoms with Gasteiger partial charge in [0.15, 0.2) is 0 Å². The number of fused-ring (bicyclic) bond motifs is 2. The Morgan fingerprint density at radius 2 is 2.17 bits per heavy atom. The van der Waals surface area contributed by atoms with Crippen LogP contribution in [0.25, 0.3) is 0 Å². The number of aliphatic hydroxyl groups excluding tert-OH is 1. The van der Waals surface area contributed by atoms with Crippen molar-refractivity contribution < 1.29 is 9.90 Å². The van der Waals surface area contributed by atoms with Gasteiger partial charge < -0.3 is 5.11 Å². The Morgan fingerprint density at radius 1 is 1.39 bits per heavy atom. The van der Waals surface area contributed by atoms with Crippen molar-refractivity contribution in [3.63, 3.8) is 0 Å². The van der Waals surface area contributed by atoms with Gasteiger partial charge in [-0.05, 0) is 19.4 Å². The summed E-state index contributed by atoms with van der Waals surface area (Å²) in [5.41, 5.74) is 7.59. The predicted octanol–water partition coefficient (Wildman–Crippen LogP) is -1.00. The number of carbonyl (C=O) groups excluding carboxylic acids is 1. The van der Waals surface area contributed by atoms with Crippen molar-refractivity contribution in [2.75, 3.05) is 0 Å². The highest BCUT2D eigenvalue weighted by Crippen LogP contribution is 2.25. The average Bonchev–Trinajstić information content (AvgIpc) is 2.32. The van der Waals surface area contributed by atoms with Gasteiger partial charge >= 0.3 is 0 Å². The third kappa shape index (κ3) is 1.69. The van der Waals surface area contributed by atoms with E-state index in [0.717, 1.165) is 5.57 Å². The molecule has 2 heterocycles. The lowest BCUT2D eigenvalue weighted by Crippen LogP contribution is -2.70. The summed E-state index contributed by atoms with van der Waals surface area (Å²) in [6.07, 6.45) is 3.29. The van der Waals surface area contributed by atoms with Crippen LogP contribution in [0.3, 0.4) is 0 Å². The highest BCUT2D eigenvalue weighted by molar-refractivity contribution is 6.41. The lowest BCUT2D eigenvalue weighted by atomic mass is 9.88. The summed E-state index contributed by atoms with van der Waals surface area (Å²) in [6.45, 7) is 4.04. The Kier molecular flexibility index (Phi) is 2.58. The van der Waals surface area contributed by atoms with Gasteiger partial charge in [0.1, 0.15) is 11.9 Å². The van der Waals surface area contributed by atoms with Gasteiger partial charge in [-0.15, -0.1) is 0 Å².